The normalized spacial score (nSPS) is 27.5. The van der Waals surface area contributed by atoms with Gasteiger partial charge in [0.05, 0.1) is 26.3 Å². The molecule has 2 bridgehead atoms. The fourth-order valence-corrected chi connectivity index (χ4v) is 5.33. The number of hydrogen-bond acceptors (Lipinski definition) is 7. The van der Waals surface area contributed by atoms with Crippen LogP contribution in [0.3, 0.4) is 0 Å². The molecule has 168 valence electrons. The van der Waals surface area contributed by atoms with Crippen molar-refractivity contribution in [2.24, 2.45) is 5.92 Å². The second kappa shape index (κ2) is 7.67. The Kier molecular flexibility index (Phi) is 5.02. The highest BCUT2D eigenvalue weighted by atomic mass is 79.9. The lowest BCUT2D eigenvalue weighted by atomic mass is 9.75. The van der Waals surface area contributed by atoms with Crippen LogP contribution >= 0.6 is 15.9 Å². The summed E-state index contributed by atoms with van der Waals surface area (Å²) in [7, 11) is 2.71. The van der Waals surface area contributed by atoms with Crippen molar-refractivity contribution in [1.29, 1.82) is 0 Å². The van der Waals surface area contributed by atoms with Crippen LogP contribution in [0.25, 0.3) is 0 Å². The average molecular weight is 510 g/mol. The van der Waals surface area contributed by atoms with E-state index in [1.165, 1.54) is 20.4 Å². The van der Waals surface area contributed by atoms with Crippen LogP contribution in [0, 0.1) is 5.92 Å². The Labute approximate surface area is 198 Å². The quantitative estimate of drug-likeness (QED) is 0.537. The van der Waals surface area contributed by atoms with Crippen molar-refractivity contribution in [2.75, 3.05) is 14.2 Å². The number of halogens is 1. The second-order valence-electron chi connectivity index (χ2n) is 8.05. The molecule has 0 unspecified atom stereocenters. The van der Waals surface area contributed by atoms with E-state index in [4.69, 9.17) is 14.2 Å². The summed E-state index contributed by atoms with van der Waals surface area (Å²) < 4.78 is 17.7. The number of methoxy groups -OCH3 is 2. The van der Waals surface area contributed by atoms with E-state index in [9.17, 15) is 14.7 Å². The van der Waals surface area contributed by atoms with Gasteiger partial charge in [-0.05, 0) is 17.7 Å². The molecule has 1 aliphatic heterocycles. The molecule has 2 heterocycles. The molecule has 7 nitrogen and oxygen atoms in total. The molecule has 0 radical (unpaired) electrons. The zero-order valence-electron chi connectivity index (χ0n) is 17.8. The Morgan fingerprint density at radius 3 is 2.45 bits per heavy atom. The van der Waals surface area contributed by atoms with Gasteiger partial charge in [0.15, 0.2) is 5.60 Å². The fraction of sp³-hybridized carbons (Fsp3) is 0.240. The number of aromatic nitrogens is 1. The van der Waals surface area contributed by atoms with Gasteiger partial charge in [-0.15, -0.1) is 0 Å². The van der Waals surface area contributed by atoms with Crippen LogP contribution in [-0.2, 0) is 25.5 Å². The summed E-state index contributed by atoms with van der Waals surface area (Å²) in [5, 5.41) is 12.0. The van der Waals surface area contributed by atoms with Crippen molar-refractivity contribution in [2.45, 2.75) is 17.1 Å². The fourth-order valence-electron chi connectivity index (χ4n) is 5.07. The number of carbonyl (C=O) groups is 2. The molecule has 0 spiro atoms. The third kappa shape index (κ3) is 2.87. The maximum atomic E-state index is 14.2. The van der Waals surface area contributed by atoms with Crippen molar-refractivity contribution < 1.29 is 28.9 Å². The third-order valence-corrected chi connectivity index (χ3v) is 7.02. The average Bonchev–Trinajstić information content (AvgIpc) is 2.97. The van der Waals surface area contributed by atoms with Gasteiger partial charge in [0, 0.05) is 16.1 Å². The molecule has 2 aromatic carbocycles. The van der Waals surface area contributed by atoms with Crippen molar-refractivity contribution in [3.05, 3.63) is 88.2 Å². The van der Waals surface area contributed by atoms with Crippen LogP contribution in [0.2, 0.25) is 0 Å². The Balaban J connectivity index is 1.88. The van der Waals surface area contributed by atoms with E-state index in [2.05, 4.69) is 20.9 Å². The SMILES string of the molecule is COC(=O)[C@H]1[C@@H](c2ccccc2)[C@]2(c3ccc(Br)cc3)Oc3cc(OC)cnc3[C@@]1(O)C2=O. The Hall–Kier alpha value is -3.23. The molecule has 0 saturated heterocycles. The first-order valence-corrected chi connectivity index (χ1v) is 11.1. The van der Waals surface area contributed by atoms with Gasteiger partial charge < -0.3 is 19.3 Å². The first-order chi connectivity index (χ1) is 15.9. The molecule has 3 aromatic rings. The standard InChI is InChI=1S/C25H20BrNO6/c1-31-17-12-18-21(27-13-17)24(30)20(22(28)32-2)19(14-6-4-3-5-7-14)25(33-18,23(24)29)15-8-10-16(26)11-9-15/h3-13,19-20,30H,1-2H3/t19-,20-,24-,25+/m1/s1. The van der Waals surface area contributed by atoms with Crippen LogP contribution in [0.1, 0.15) is 22.7 Å². The number of Topliss-reactive ketones (excluding diaryl/α,β-unsaturated/α-hetero) is 1. The van der Waals surface area contributed by atoms with Crippen LogP contribution in [-0.4, -0.2) is 36.1 Å². The maximum Gasteiger partial charge on any atom is 0.313 e. The van der Waals surface area contributed by atoms with Gasteiger partial charge in [-0.2, -0.15) is 0 Å². The number of fused-ring (bicyclic) bond motifs is 4. The monoisotopic (exact) mass is 509 g/mol. The van der Waals surface area contributed by atoms with E-state index in [1.54, 1.807) is 42.5 Å². The van der Waals surface area contributed by atoms with E-state index in [-0.39, 0.29) is 11.4 Å². The number of pyridine rings is 1. The van der Waals surface area contributed by atoms with Crippen molar-refractivity contribution in [1.82, 2.24) is 4.98 Å². The summed E-state index contributed by atoms with van der Waals surface area (Å²) in [5.41, 5.74) is -2.84. The van der Waals surface area contributed by atoms with Gasteiger partial charge in [-0.1, -0.05) is 58.4 Å². The van der Waals surface area contributed by atoms with Gasteiger partial charge in [-0.25, -0.2) is 4.98 Å². The van der Waals surface area contributed by atoms with Crippen molar-refractivity contribution in [3.63, 3.8) is 0 Å². The zero-order chi connectivity index (χ0) is 23.4. The van der Waals surface area contributed by atoms with Gasteiger partial charge in [-0.3, -0.25) is 9.59 Å². The summed E-state index contributed by atoms with van der Waals surface area (Å²) in [5.74, 6) is -3.00. The highest BCUT2D eigenvalue weighted by Crippen LogP contribution is 2.64. The molecule has 1 saturated carbocycles. The van der Waals surface area contributed by atoms with E-state index >= 15 is 0 Å². The smallest absolute Gasteiger partial charge is 0.313 e. The van der Waals surface area contributed by atoms with Crippen LogP contribution in [0.5, 0.6) is 11.5 Å². The molecule has 1 N–H and O–H groups in total. The largest absolute Gasteiger partial charge is 0.495 e. The number of carbonyl (C=O) groups excluding carboxylic acids is 2. The Bertz CT molecular complexity index is 1250. The molecule has 0 amide bonds. The lowest BCUT2D eigenvalue weighted by Crippen LogP contribution is -2.51. The van der Waals surface area contributed by atoms with Crippen LogP contribution in [0.15, 0.2) is 71.3 Å². The van der Waals surface area contributed by atoms with Gasteiger partial charge in [0.2, 0.25) is 11.4 Å². The highest BCUT2D eigenvalue weighted by molar-refractivity contribution is 9.10. The lowest BCUT2D eigenvalue weighted by Gasteiger charge is -2.38. The molecule has 4 atom stereocenters. The number of ether oxygens (including phenoxy) is 3. The molecule has 1 fully saturated rings. The zero-order valence-corrected chi connectivity index (χ0v) is 19.4. The summed E-state index contributed by atoms with van der Waals surface area (Å²) in [6.45, 7) is 0. The predicted octanol–water partition coefficient (Wildman–Crippen LogP) is 3.48. The first-order valence-electron chi connectivity index (χ1n) is 10.3. The minimum Gasteiger partial charge on any atom is -0.495 e. The first kappa shape index (κ1) is 21.6. The van der Waals surface area contributed by atoms with E-state index in [0.29, 0.717) is 16.9 Å². The number of hydrogen-bond donors (Lipinski definition) is 1. The summed E-state index contributed by atoms with van der Waals surface area (Å²) in [6.07, 6.45) is 1.38. The molecular weight excluding hydrogens is 490 g/mol. The number of esters is 1. The minimum absolute atomic E-state index is 0.0325. The molecule has 5 rings (SSSR count). The van der Waals surface area contributed by atoms with E-state index in [0.717, 1.165) is 4.47 Å². The predicted molar refractivity (Wildman–Crippen MR) is 121 cm³/mol. The molecule has 1 aromatic heterocycles. The van der Waals surface area contributed by atoms with Crippen LogP contribution in [0.4, 0.5) is 0 Å². The Morgan fingerprint density at radius 1 is 1.12 bits per heavy atom. The second-order valence-corrected chi connectivity index (χ2v) is 8.97. The topological polar surface area (TPSA) is 95.0 Å². The maximum absolute atomic E-state index is 14.2. The summed E-state index contributed by atoms with van der Waals surface area (Å²) >= 11 is 3.42. The molecule has 2 aliphatic rings. The number of nitrogens with zero attached hydrogens (tertiary/aromatic N) is 1. The van der Waals surface area contributed by atoms with Gasteiger partial charge in [0.1, 0.15) is 23.1 Å². The number of aliphatic hydroxyl groups is 1. The molecule has 1 aliphatic carbocycles. The number of rotatable bonds is 4. The van der Waals surface area contributed by atoms with Crippen LogP contribution < -0.4 is 9.47 Å². The third-order valence-electron chi connectivity index (χ3n) is 6.49. The van der Waals surface area contributed by atoms with E-state index in [1.807, 2.05) is 18.2 Å². The minimum atomic E-state index is -2.26. The van der Waals surface area contributed by atoms with Crippen molar-refractivity contribution in [3.8, 4) is 11.5 Å². The van der Waals surface area contributed by atoms with Gasteiger partial charge >= 0.3 is 5.97 Å². The number of benzene rings is 2. The lowest BCUT2D eigenvalue weighted by molar-refractivity contribution is -0.163. The molecular formula is C25H20BrNO6. The summed E-state index contributed by atoms with van der Waals surface area (Å²) in [6, 6.07) is 17.7. The molecule has 33 heavy (non-hydrogen) atoms. The molecule has 8 heteroatoms. The highest BCUT2D eigenvalue weighted by Gasteiger charge is 2.77. The number of ketones is 1. The van der Waals surface area contributed by atoms with Crippen molar-refractivity contribution >= 4 is 27.7 Å². The van der Waals surface area contributed by atoms with E-state index < -0.39 is 34.8 Å². The Morgan fingerprint density at radius 2 is 1.82 bits per heavy atom. The van der Waals surface area contributed by atoms with Gasteiger partial charge in [0.25, 0.3) is 0 Å². The summed E-state index contributed by atoms with van der Waals surface area (Å²) in [4.78, 5) is 31.7.